The van der Waals surface area contributed by atoms with Gasteiger partial charge < -0.3 is 4.74 Å². The second-order valence-corrected chi connectivity index (χ2v) is 6.56. The number of benzene rings is 2. The lowest BCUT2D eigenvalue weighted by Crippen LogP contribution is -2.13. The smallest absolute Gasteiger partial charge is 0.261 e. The van der Waals surface area contributed by atoms with Crippen molar-refractivity contribution in [1.82, 2.24) is 0 Å². The first-order valence-corrected chi connectivity index (χ1v) is 8.27. The summed E-state index contributed by atoms with van der Waals surface area (Å²) in [6, 6.07) is 11.3. The van der Waals surface area contributed by atoms with Crippen molar-refractivity contribution in [1.29, 1.82) is 0 Å². The maximum absolute atomic E-state index is 12.4. The Kier molecular flexibility index (Phi) is 4.75. The van der Waals surface area contributed by atoms with E-state index in [1.165, 1.54) is 6.07 Å². The molecule has 2 aromatic rings. The number of anilines is 1. The first-order valence-electron chi connectivity index (χ1n) is 6.41. The molecule has 0 aliphatic rings. The molecule has 0 aliphatic heterocycles. The molecule has 2 aromatic carbocycles. The number of halogens is 1. The fourth-order valence-electron chi connectivity index (χ4n) is 1.93. The van der Waals surface area contributed by atoms with E-state index in [0.29, 0.717) is 22.9 Å². The molecule has 2 rings (SSSR count). The first-order chi connectivity index (χ1) is 9.96. The summed E-state index contributed by atoms with van der Waals surface area (Å²) in [5.41, 5.74) is 1.31. The summed E-state index contributed by atoms with van der Waals surface area (Å²) >= 11 is 5.78. The van der Waals surface area contributed by atoms with Gasteiger partial charge in [-0.15, -0.1) is 0 Å². The van der Waals surface area contributed by atoms with Crippen LogP contribution in [0.3, 0.4) is 0 Å². The summed E-state index contributed by atoms with van der Waals surface area (Å²) in [6.45, 7) is 1.95. The Morgan fingerprint density at radius 2 is 1.81 bits per heavy atom. The Labute approximate surface area is 129 Å². The molecule has 0 aromatic heterocycles. The molecule has 0 heterocycles. The molecule has 21 heavy (non-hydrogen) atoms. The highest BCUT2D eigenvalue weighted by Gasteiger charge is 2.16. The normalized spacial score (nSPS) is 11.2. The van der Waals surface area contributed by atoms with Gasteiger partial charge in [-0.2, -0.15) is 0 Å². The molecule has 0 radical (unpaired) electrons. The highest BCUT2D eigenvalue weighted by molar-refractivity contribution is 7.92. The average Bonchev–Trinajstić information content (AvgIpc) is 2.48. The van der Waals surface area contributed by atoms with Crippen molar-refractivity contribution in [3.8, 4) is 5.75 Å². The summed E-state index contributed by atoms with van der Waals surface area (Å²) in [4.78, 5) is 0.204. The zero-order valence-corrected chi connectivity index (χ0v) is 13.3. The van der Waals surface area contributed by atoms with E-state index in [1.807, 2.05) is 6.92 Å². The molecular weight excluding hydrogens is 310 g/mol. The minimum absolute atomic E-state index is 0.204. The summed E-state index contributed by atoms with van der Waals surface area (Å²) < 4.78 is 32.5. The second kappa shape index (κ2) is 6.37. The molecule has 6 heteroatoms. The van der Waals surface area contributed by atoms with Gasteiger partial charge in [-0.05, 0) is 54.4 Å². The maximum atomic E-state index is 12.4. The molecule has 0 fully saturated rings. The molecule has 0 amide bonds. The SMILES string of the molecule is CCc1cc(S(=O)(=O)Nc2ccc(Cl)cc2)ccc1OC. The number of hydrogen-bond donors (Lipinski definition) is 1. The van der Waals surface area contributed by atoms with Gasteiger partial charge in [0, 0.05) is 10.7 Å². The average molecular weight is 326 g/mol. The van der Waals surface area contributed by atoms with Crippen molar-refractivity contribution in [2.75, 3.05) is 11.8 Å². The van der Waals surface area contributed by atoms with Crippen LogP contribution in [0.1, 0.15) is 12.5 Å². The predicted octanol–water partition coefficient (Wildman–Crippen LogP) is 3.71. The molecule has 0 spiro atoms. The fourth-order valence-corrected chi connectivity index (χ4v) is 3.17. The van der Waals surface area contributed by atoms with Gasteiger partial charge in [-0.25, -0.2) is 8.42 Å². The van der Waals surface area contributed by atoms with Crippen LogP contribution in [0, 0.1) is 0 Å². The second-order valence-electron chi connectivity index (χ2n) is 4.44. The van der Waals surface area contributed by atoms with E-state index >= 15 is 0 Å². The van der Waals surface area contributed by atoms with Gasteiger partial charge in [0.05, 0.1) is 12.0 Å². The van der Waals surface area contributed by atoms with Crippen LogP contribution in [-0.4, -0.2) is 15.5 Å². The lowest BCUT2D eigenvalue weighted by molar-refractivity contribution is 0.409. The van der Waals surface area contributed by atoms with Crippen molar-refractivity contribution in [3.05, 3.63) is 53.1 Å². The summed E-state index contributed by atoms with van der Waals surface area (Å²) in [5, 5.41) is 0.552. The lowest BCUT2D eigenvalue weighted by Gasteiger charge is -2.11. The first kappa shape index (κ1) is 15.7. The molecular formula is C15H16ClNO3S. The highest BCUT2D eigenvalue weighted by atomic mass is 35.5. The van der Waals surface area contributed by atoms with Crippen molar-refractivity contribution < 1.29 is 13.2 Å². The molecule has 0 saturated carbocycles. The van der Waals surface area contributed by atoms with E-state index in [9.17, 15) is 8.42 Å². The Bertz CT molecular complexity index is 727. The number of aryl methyl sites for hydroxylation is 1. The third kappa shape index (κ3) is 3.68. The van der Waals surface area contributed by atoms with E-state index in [-0.39, 0.29) is 4.90 Å². The Balaban J connectivity index is 2.33. The summed E-state index contributed by atoms with van der Waals surface area (Å²) in [6.07, 6.45) is 0.688. The zero-order chi connectivity index (χ0) is 15.5. The molecule has 0 aliphatic carbocycles. The fraction of sp³-hybridized carbons (Fsp3) is 0.200. The monoisotopic (exact) mass is 325 g/mol. The van der Waals surface area contributed by atoms with Crippen molar-refractivity contribution in [2.45, 2.75) is 18.2 Å². The van der Waals surface area contributed by atoms with Crippen LogP contribution in [0.5, 0.6) is 5.75 Å². The van der Waals surface area contributed by atoms with Gasteiger partial charge in [0.15, 0.2) is 0 Å². The third-order valence-electron chi connectivity index (χ3n) is 3.04. The van der Waals surface area contributed by atoms with Crippen LogP contribution in [0.25, 0.3) is 0 Å². The van der Waals surface area contributed by atoms with E-state index in [4.69, 9.17) is 16.3 Å². The molecule has 4 nitrogen and oxygen atoms in total. The Morgan fingerprint density at radius 3 is 2.38 bits per heavy atom. The van der Waals surface area contributed by atoms with Crippen LogP contribution in [0.15, 0.2) is 47.4 Å². The van der Waals surface area contributed by atoms with Crippen LogP contribution < -0.4 is 9.46 Å². The van der Waals surface area contributed by atoms with E-state index in [1.54, 1.807) is 43.5 Å². The highest BCUT2D eigenvalue weighted by Crippen LogP contribution is 2.24. The van der Waals surface area contributed by atoms with Crippen LogP contribution >= 0.6 is 11.6 Å². The van der Waals surface area contributed by atoms with Gasteiger partial charge >= 0.3 is 0 Å². The number of nitrogens with one attached hydrogen (secondary N) is 1. The topological polar surface area (TPSA) is 55.4 Å². The number of sulfonamides is 1. The minimum Gasteiger partial charge on any atom is -0.496 e. The van der Waals surface area contributed by atoms with E-state index in [2.05, 4.69) is 4.72 Å². The third-order valence-corrected chi connectivity index (χ3v) is 4.67. The quantitative estimate of drug-likeness (QED) is 0.911. The number of methoxy groups -OCH3 is 1. The number of hydrogen-bond acceptors (Lipinski definition) is 3. The largest absolute Gasteiger partial charge is 0.496 e. The molecule has 0 saturated heterocycles. The van der Waals surface area contributed by atoms with Crippen molar-refractivity contribution in [3.63, 3.8) is 0 Å². The maximum Gasteiger partial charge on any atom is 0.261 e. The van der Waals surface area contributed by atoms with Crippen molar-refractivity contribution >= 4 is 27.3 Å². The molecule has 112 valence electrons. The van der Waals surface area contributed by atoms with Gasteiger partial charge in [-0.3, -0.25) is 4.72 Å². The number of rotatable bonds is 5. The molecule has 0 atom stereocenters. The van der Waals surface area contributed by atoms with Crippen molar-refractivity contribution in [2.24, 2.45) is 0 Å². The lowest BCUT2D eigenvalue weighted by atomic mass is 10.1. The summed E-state index contributed by atoms with van der Waals surface area (Å²) in [7, 11) is -2.07. The number of ether oxygens (including phenoxy) is 1. The van der Waals surface area contributed by atoms with E-state index < -0.39 is 10.0 Å². The molecule has 0 bridgehead atoms. The minimum atomic E-state index is -3.63. The van der Waals surface area contributed by atoms with Gasteiger partial charge in [-0.1, -0.05) is 18.5 Å². The Morgan fingerprint density at radius 1 is 1.14 bits per heavy atom. The molecule has 0 unspecified atom stereocenters. The van der Waals surface area contributed by atoms with Gasteiger partial charge in [0.25, 0.3) is 10.0 Å². The van der Waals surface area contributed by atoms with Crippen LogP contribution in [0.2, 0.25) is 5.02 Å². The van der Waals surface area contributed by atoms with Gasteiger partial charge in [0.2, 0.25) is 0 Å². The van der Waals surface area contributed by atoms with E-state index in [0.717, 1.165) is 5.56 Å². The molecule has 1 N–H and O–H groups in total. The standard InChI is InChI=1S/C15H16ClNO3S/c1-3-11-10-14(8-9-15(11)20-2)21(18,19)17-13-6-4-12(16)5-7-13/h4-10,17H,3H2,1-2H3. The van der Waals surface area contributed by atoms with Crippen LogP contribution in [-0.2, 0) is 16.4 Å². The Hall–Kier alpha value is -1.72. The summed E-state index contributed by atoms with van der Waals surface area (Å²) in [5.74, 6) is 0.683. The predicted molar refractivity (Wildman–Crippen MR) is 84.6 cm³/mol. The van der Waals surface area contributed by atoms with Crippen LogP contribution in [0.4, 0.5) is 5.69 Å². The van der Waals surface area contributed by atoms with Gasteiger partial charge in [0.1, 0.15) is 5.75 Å². The zero-order valence-electron chi connectivity index (χ0n) is 11.8.